The van der Waals surface area contributed by atoms with Crippen LogP contribution in [0.25, 0.3) is 0 Å². The summed E-state index contributed by atoms with van der Waals surface area (Å²) in [6.07, 6.45) is -3.16. The van der Waals surface area contributed by atoms with E-state index in [9.17, 15) is 17.6 Å². The van der Waals surface area contributed by atoms with Gasteiger partial charge in [-0.15, -0.1) is 0 Å². The third-order valence-corrected chi connectivity index (χ3v) is 1.30. The molecule has 0 radical (unpaired) electrons. The molecule has 1 aromatic heterocycles. The Morgan fingerprint density at radius 3 is 2.46 bits per heavy atom. The van der Waals surface area contributed by atoms with Crippen LogP contribution in [0.2, 0.25) is 0 Å². The van der Waals surface area contributed by atoms with Gasteiger partial charge in [-0.2, -0.15) is 9.65 Å². The van der Waals surface area contributed by atoms with E-state index in [1.165, 1.54) is 6.07 Å². The van der Waals surface area contributed by atoms with Crippen LogP contribution in [-0.4, -0.2) is 4.98 Å². The van der Waals surface area contributed by atoms with Crippen molar-refractivity contribution in [3.63, 3.8) is 0 Å². The van der Waals surface area contributed by atoms with E-state index in [4.69, 9.17) is 5.26 Å². The Bertz CT molecular complexity index is 369. The van der Waals surface area contributed by atoms with Gasteiger partial charge in [-0.1, -0.05) is 0 Å². The normalized spacial score (nSPS) is 10.2. The lowest BCUT2D eigenvalue weighted by Gasteiger charge is -2.01. The number of rotatable bonds is 1. The Morgan fingerprint density at radius 1 is 1.38 bits per heavy atom. The molecule has 0 amide bonds. The number of aromatic nitrogens is 1. The van der Waals surface area contributed by atoms with E-state index in [1.807, 2.05) is 0 Å². The van der Waals surface area contributed by atoms with Gasteiger partial charge >= 0.3 is 0 Å². The number of pyridine rings is 1. The zero-order chi connectivity index (χ0) is 10.0. The molecule has 1 aromatic rings. The SMILES string of the molecule is N#Cc1cc(C(F)F)c(F)c(F)n1. The van der Waals surface area contributed by atoms with E-state index < -0.39 is 29.4 Å². The fourth-order valence-electron chi connectivity index (χ4n) is 0.733. The van der Waals surface area contributed by atoms with Crippen LogP contribution in [0.3, 0.4) is 0 Å². The molecule has 0 unspecified atom stereocenters. The summed E-state index contributed by atoms with van der Waals surface area (Å²) >= 11 is 0. The van der Waals surface area contributed by atoms with Gasteiger partial charge in [-0.3, -0.25) is 0 Å². The lowest BCUT2D eigenvalue weighted by atomic mass is 10.2. The Hall–Kier alpha value is -1.64. The lowest BCUT2D eigenvalue weighted by Crippen LogP contribution is -2.00. The van der Waals surface area contributed by atoms with Crippen molar-refractivity contribution < 1.29 is 17.6 Å². The summed E-state index contributed by atoms with van der Waals surface area (Å²) in [5.41, 5.74) is -1.72. The second-order valence-electron chi connectivity index (χ2n) is 2.11. The Balaban J connectivity index is 3.35. The van der Waals surface area contributed by atoms with Gasteiger partial charge in [0.1, 0.15) is 11.8 Å². The number of nitrogens with zero attached hydrogens (tertiary/aromatic N) is 2. The molecule has 0 aliphatic heterocycles. The van der Waals surface area contributed by atoms with Crippen LogP contribution in [-0.2, 0) is 0 Å². The first-order valence-electron chi connectivity index (χ1n) is 3.10. The smallest absolute Gasteiger partial charge is 0.206 e. The Morgan fingerprint density at radius 2 is 2.00 bits per heavy atom. The lowest BCUT2D eigenvalue weighted by molar-refractivity contribution is 0.144. The number of nitriles is 1. The first-order chi connectivity index (χ1) is 6.06. The highest BCUT2D eigenvalue weighted by atomic mass is 19.3. The van der Waals surface area contributed by atoms with Gasteiger partial charge < -0.3 is 0 Å². The van der Waals surface area contributed by atoms with E-state index in [2.05, 4.69) is 4.98 Å². The van der Waals surface area contributed by atoms with Crippen molar-refractivity contribution in [2.45, 2.75) is 6.43 Å². The summed E-state index contributed by atoms with van der Waals surface area (Å²) in [6, 6.07) is 1.86. The number of hydrogen-bond donors (Lipinski definition) is 0. The topological polar surface area (TPSA) is 36.7 Å². The molecule has 1 rings (SSSR count). The molecule has 1 heterocycles. The first kappa shape index (κ1) is 9.45. The predicted octanol–water partition coefficient (Wildman–Crippen LogP) is 2.17. The van der Waals surface area contributed by atoms with E-state index >= 15 is 0 Å². The third-order valence-electron chi connectivity index (χ3n) is 1.30. The highest BCUT2D eigenvalue weighted by molar-refractivity contribution is 5.27. The highest BCUT2D eigenvalue weighted by Gasteiger charge is 2.19. The molecule has 0 saturated carbocycles. The molecule has 0 aliphatic rings. The van der Waals surface area contributed by atoms with Crippen LogP contribution in [0.15, 0.2) is 6.07 Å². The molecule has 2 nitrogen and oxygen atoms in total. The molecule has 0 N–H and O–H groups in total. The first-order valence-corrected chi connectivity index (χ1v) is 3.10. The van der Waals surface area contributed by atoms with Crippen molar-refractivity contribution >= 4 is 0 Å². The number of alkyl halides is 2. The van der Waals surface area contributed by atoms with Crippen molar-refractivity contribution in [2.24, 2.45) is 0 Å². The van der Waals surface area contributed by atoms with Gasteiger partial charge in [0.05, 0.1) is 5.56 Å². The van der Waals surface area contributed by atoms with E-state index in [1.54, 1.807) is 0 Å². The molecule has 13 heavy (non-hydrogen) atoms. The summed E-state index contributed by atoms with van der Waals surface area (Å²) in [6.45, 7) is 0. The average Bonchev–Trinajstić information content (AvgIpc) is 2.09. The molecule has 0 aliphatic carbocycles. The molecule has 0 saturated heterocycles. The molecule has 68 valence electrons. The minimum absolute atomic E-state index is 0.517. The standard InChI is InChI=1S/C7H2F4N2/c8-5-4(6(9)10)1-3(2-12)13-7(5)11/h1,6H. The second-order valence-corrected chi connectivity index (χ2v) is 2.11. The molecular formula is C7H2F4N2. The van der Waals surface area contributed by atoms with Crippen molar-refractivity contribution in [1.82, 2.24) is 4.98 Å². The maximum Gasteiger partial charge on any atom is 0.266 e. The highest BCUT2D eigenvalue weighted by Crippen LogP contribution is 2.23. The quantitative estimate of drug-likeness (QED) is 0.502. The summed E-state index contributed by atoms with van der Waals surface area (Å²) in [5.74, 6) is -3.40. The van der Waals surface area contributed by atoms with E-state index in [-0.39, 0.29) is 0 Å². The van der Waals surface area contributed by atoms with Gasteiger partial charge in [0.2, 0.25) is 0 Å². The van der Waals surface area contributed by atoms with Crippen LogP contribution < -0.4 is 0 Å². The van der Waals surface area contributed by atoms with Crippen LogP contribution in [0.5, 0.6) is 0 Å². The fourth-order valence-corrected chi connectivity index (χ4v) is 0.733. The van der Waals surface area contributed by atoms with Crippen LogP contribution in [0.4, 0.5) is 17.6 Å². The largest absolute Gasteiger partial charge is 0.266 e. The molecule has 0 aromatic carbocycles. The van der Waals surface area contributed by atoms with Crippen molar-refractivity contribution in [1.29, 1.82) is 5.26 Å². The van der Waals surface area contributed by atoms with Gasteiger partial charge in [-0.05, 0) is 6.07 Å². The number of halogens is 4. The van der Waals surface area contributed by atoms with Gasteiger partial charge in [0.25, 0.3) is 12.4 Å². The maximum atomic E-state index is 12.5. The summed E-state index contributed by atoms with van der Waals surface area (Å²) in [5, 5.41) is 8.21. The van der Waals surface area contributed by atoms with Gasteiger partial charge in [-0.25, -0.2) is 18.2 Å². The molecule has 6 heteroatoms. The minimum atomic E-state index is -3.16. The average molecular weight is 190 g/mol. The monoisotopic (exact) mass is 190 g/mol. The van der Waals surface area contributed by atoms with Crippen molar-refractivity contribution in [3.05, 3.63) is 29.1 Å². The maximum absolute atomic E-state index is 12.5. The zero-order valence-electron chi connectivity index (χ0n) is 6.06. The predicted molar refractivity (Wildman–Crippen MR) is 33.8 cm³/mol. The van der Waals surface area contributed by atoms with Crippen molar-refractivity contribution in [3.8, 4) is 6.07 Å². The summed E-state index contributed by atoms with van der Waals surface area (Å²) in [7, 11) is 0. The molecule has 0 spiro atoms. The zero-order valence-corrected chi connectivity index (χ0v) is 6.06. The van der Waals surface area contributed by atoms with Crippen LogP contribution in [0.1, 0.15) is 17.7 Å². The Kier molecular flexibility index (Phi) is 2.46. The van der Waals surface area contributed by atoms with Crippen LogP contribution >= 0.6 is 0 Å². The third kappa shape index (κ3) is 1.75. The summed E-state index contributed by atoms with van der Waals surface area (Å²) in [4.78, 5) is 2.80. The molecule has 0 bridgehead atoms. The van der Waals surface area contributed by atoms with E-state index in [0.717, 1.165) is 0 Å². The molecular weight excluding hydrogens is 188 g/mol. The minimum Gasteiger partial charge on any atom is -0.206 e. The second kappa shape index (κ2) is 3.39. The number of hydrogen-bond acceptors (Lipinski definition) is 2. The van der Waals surface area contributed by atoms with Crippen molar-refractivity contribution in [2.75, 3.05) is 0 Å². The molecule has 0 atom stereocenters. The Labute approximate surface area is 70.4 Å². The van der Waals surface area contributed by atoms with Gasteiger partial charge in [0, 0.05) is 0 Å². The molecule has 0 fully saturated rings. The van der Waals surface area contributed by atoms with E-state index in [0.29, 0.717) is 6.07 Å². The fraction of sp³-hybridized carbons (Fsp3) is 0.143. The summed E-state index contributed by atoms with van der Waals surface area (Å²) < 4.78 is 48.9. The van der Waals surface area contributed by atoms with Gasteiger partial charge in [0.15, 0.2) is 5.82 Å². The van der Waals surface area contributed by atoms with Crippen LogP contribution in [0, 0.1) is 23.1 Å².